The van der Waals surface area contributed by atoms with Crippen LogP contribution in [-0.4, -0.2) is 28.2 Å². The maximum Gasteiger partial charge on any atom is 0.343 e. The van der Waals surface area contributed by atoms with E-state index in [-0.39, 0.29) is 19.4 Å². The Morgan fingerprint density at radius 3 is 2.73 bits per heavy atom. The van der Waals surface area contributed by atoms with Crippen molar-refractivity contribution in [2.24, 2.45) is 5.92 Å². The monoisotopic (exact) mass is 421 g/mol. The van der Waals surface area contributed by atoms with Crippen molar-refractivity contribution >= 4 is 5.97 Å². The van der Waals surface area contributed by atoms with Gasteiger partial charge >= 0.3 is 5.97 Å². The number of aromatic nitrogens is 2. The number of rotatable bonds is 8. The lowest BCUT2D eigenvalue weighted by atomic mass is 9.72. The average molecular weight is 422 g/mol. The van der Waals surface area contributed by atoms with Gasteiger partial charge in [0.25, 0.3) is 5.82 Å². The van der Waals surface area contributed by atoms with Gasteiger partial charge in [0.1, 0.15) is 12.4 Å². The van der Waals surface area contributed by atoms with Crippen molar-refractivity contribution in [3.63, 3.8) is 0 Å². The molecule has 1 saturated carbocycles. The van der Waals surface area contributed by atoms with Crippen LogP contribution in [0.15, 0.2) is 42.7 Å². The maximum absolute atomic E-state index is 14.1. The topological polar surface area (TPSA) is 55.3 Å². The molecule has 1 N–H and O–H groups in total. The highest BCUT2D eigenvalue weighted by Gasteiger charge is 2.52. The van der Waals surface area contributed by atoms with Gasteiger partial charge in [0.2, 0.25) is 5.92 Å². The molecule has 1 aromatic heterocycles. The Morgan fingerprint density at radius 2 is 2.10 bits per heavy atom. The number of hydrogen-bond donors (Lipinski definition) is 1. The van der Waals surface area contributed by atoms with E-state index >= 15 is 0 Å². The highest BCUT2D eigenvalue weighted by atomic mass is 19.3. The van der Waals surface area contributed by atoms with Crippen molar-refractivity contribution in [1.82, 2.24) is 4.57 Å². The minimum absolute atomic E-state index is 0.112. The molecule has 1 heterocycles. The van der Waals surface area contributed by atoms with Gasteiger partial charge in [-0.2, -0.15) is 0 Å². The number of benzene rings is 1. The summed E-state index contributed by atoms with van der Waals surface area (Å²) in [6.45, 7) is 5.74. The van der Waals surface area contributed by atoms with Crippen LogP contribution in [0.25, 0.3) is 0 Å². The molecule has 2 aromatic rings. The van der Waals surface area contributed by atoms with E-state index in [0.717, 1.165) is 12.4 Å². The zero-order chi connectivity index (χ0) is 21.8. The number of imidazole rings is 1. The van der Waals surface area contributed by atoms with E-state index in [2.05, 4.69) is 16.1 Å². The number of carbonyl (C=O) groups excluding carboxylic acids is 1. The number of aliphatic hydroxyl groups is 1. The molecule has 0 aliphatic heterocycles. The van der Waals surface area contributed by atoms with E-state index in [1.807, 2.05) is 19.3 Å². The van der Waals surface area contributed by atoms with Gasteiger partial charge in [0.05, 0.1) is 19.7 Å². The normalized spacial score (nSPS) is 20.5. The van der Waals surface area contributed by atoms with E-state index < -0.39 is 29.8 Å². The van der Waals surface area contributed by atoms with Gasteiger partial charge in [-0.05, 0) is 25.3 Å². The molecule has 0 radical (unpaired) electrons. The lowest BCUT2D eigenvalue weighted by molar-refractivity contribution is -0.702. The van der Waals surface area contributed by atoms with Crippen LogP contribution in [0.1, 0.15) is 50.4 Å². The number of alkyl halides is 2. The first-order valence-electron chi connectivity index (χ1n) is 10.7. The molecule has 7 heteroatoms. The van der Waals surface area contributed by atoms with Crippen LogP contribution < -0.4 is 4.57 Å². The van der Waals surface area contributed by atoms with Gasteiger partial charge in [-0.15, -0.1) is 0 Å². The maximum atomic E-state index is 14.1. The molecule has 0 unspecified atom stereocenters. The Morgan fingerprint density at radius 1 is 1.37 bits per heavy atom. The highest BCUT2D eigenvalue weighted by molar-refractivity contribution is 5.81. The van der Waals surface area contributed by atoms with Crippen molar-refractivity contribution in [3.8, 4) is 0 Å². The lowest BCUT2D eigenvalue weighted by Gasteiger charge is -2.39. The van der Waals surface area contributed by atoms with Gasteiger partial charge < -0.3 is 9.84 Å². The fourth-order valence-electron chi connectivity index (χ4n) is 4.36. The summed E-state index contributed by atoms with van der Waals surface area (Å²) in [5.74, 6) is -3.50. The van der Waals surface area contributed by atoms with Gasteiger partial charge in [0, 0.05) is 32.1 Å². The molecule has 3 rings (SSSR count). The molecule has 1 aliphatic carbocycles. The van der Waals surface area contributed by atoms with E-state index in [9.17, 15) is 18.7 Å². The zero-order valence-electron chi connectivity index (χ0n) is 17.7. The first kappa shape index (κ1) is 22.4. The van der Waals surface area contributed by atoms with Crippen LogP contribution in [0.2, 0.25) is 0 Å². The van der Waals surface area contributed by atoms with Gasteiger partial charge in [0.15, 0.2) is 5.60 Å². The predicted octanol–water partition coefficient (Wildman–Crippen LogP) is 3.75. The van der Waals surface area contributed by atoms with Crippen molar-refractivity contribution < 1.29 is 28.0 Å². The molecular weight excluding hydrogens is 390 g/mol. The Hall–Kier alpha value is -2.28. The third-order valence-corrected chi connectivity index (χ3v) is 6.13. The summed E-state index contributed by atoms with van der Waals surface area (Å²) < 4.78 is 37.7. The molecule has 0 spiro atoms. The SMILES string of the molecule is CCn1cc[n+](CCCOC(=O)[C@](O)(c2ccccc2)[C@H]2CCCC(F)(F)C2)c1C. The van der Waals surface area contributed by atoms with Gasteiger partial charge in [-0.3, -0.25) is 0 Å². The average Bonchev–Trinajstić information content (AvgIpc) is 3.09. The quantitative estimate of drug-likeness (QED) is 0.401. The fraction of sp³-hybridized carbons (Fsp3) is 0.565. The summed E-state index contributed by atoms with van der Waals surface area (Å²) in [5, 5.41) is 11.4. The molecule has 1 aliphatic rings. The van der Waals surface area contributed by atoms with Crippen LogP contribution in [0.5, 0.6) is 0 Å². The zero-order valence-corrected chi connectivity index (χ0v) is 17.7. The Labute approximate surface area is 176 Å². The third-order valence-electron chi connectivity index (χ3n) is 6.13. The summed E-state index contributed by atoms with van der Waals surface area (Å²) in [6, 6.07) is 8.33. The van der Waals surface area contributed by atoms with Crippen LogP contribution in [0.3, 0.4) is 0 Å². The second-order valence-corrected chi connectivity index (χ2v) is 8.10. The van der Waals surface area contributed by atoms with E-state index in [1.165, 1.54) is 0 Å². The lowest BCUT2D eigenvalue weighted by Crippen LogP contribution is -2.48. The molecule has 30 heavy (non-hydrogen) atoms. The second kappa shape index (κ2) is 9.25. The molecule has 1 fully saturated rings. The number of esters is 1. The molecule has 0 saturated heterocycles. The molecular formula is C23H31F2N2O3+. The Bertz CT molecular complexity index is 853. The molecule has 5 nitrogen and oxygen atoms in total. The Balaban J connectivity index is 1.69. The van der Waals surface area contributed by atoms with E-state index in [4.69, 9.17) is 4.74 Å². The van der Waals surface area contributed by atoms with Crippen LogP contribution in [-0.2, 0) is 28.2 Å². The number of aryl methyl sites for hydroxylation is 2. The molecule has 0 amide bonds. The van der Waals surface area contributed by atoms with Crippen molar-refractivity contribution in [2.45, 2.75) is 70.6 Å². The van der Waals surface area contributed by atoms with Crippen LogP contribution in [0, 0.1) is 12.8 Å². The first-order valence-corrected chi connectivity index (χ1v) is 10.7. The van der Waals surface area contributed by atoms with Gasteiger partial charge in [-0.1, -0.05) is 30.3 Å². The predicted molar refractivity (Wildman–Crippen MR) is 108 cm³/mol. The molecule has 0 bridgehead atoms. The molecule has 2 atom stereocenters. The Kier molecular flexibility index (Phi) is 6.91. The smallest absolute Gasteiger partial charge is 0.343 e. The highest BCUT2D eigenvalue weighted by Crippen LogP contribution is 2.45. The largest absolute Gasteiger partial charge is 0.463 e. The standard InChI is InChI=1S/C23H31F2N2O3/c1-3-26-14-15-27(18(26)2)13-8-16-30-21(28)23(29,19-9-5-4-6-10-19)20-11-7-12-22(24,25)17-20/h4-6,9-10,14-15,20,29H,3,7-8,11-13,16-17H2,1-2H3/q+1/t20-,23-/m0/s1. The number of ether oxygens (including phenoxy) is 1. The number of nitrogens with zero attached hydrogens (tertiary/aromatic N) is 2. The minimum Gasteiger partial charge on any atom is -0.463 e. The summed E-state index contributed by atoms with van der Waals surface area (Å²) in [6.07, 6.45) is 4.44. The third kappa shape index (κ3) is 4.72. The molecule has 164 valence electrons. The van der Waals surface area contributed by atoms with Crippen LogP contribution in [0.4, 0.5) is 8.78 Å². The molecule has 1 aromatic carbocycles. The first-order chi connectivity index (χ1) is 14.3. The summed E-state index contributed by atoms with van der Waals surface area (Å²) in [4.78, 5) is 13.0. The second-order valence-electron chi connectivity index (χ2n) is 8.10. The minimum atomic E-state index is -2.88. The van der Waals surface area contributed by atoms with E-state index in [0.29, 0.717) is 24.9 Å². The van der Waals surface area contributed by atoms with Crippen molar-refractivity contribution in [3.05, 3.63) is 54.1 Å². The van der Waals surface area contributed by atoms with Crippen molar-refractivity contribution in [1.29, 1.82) is 0 Å². The fourth-order valence-corrected chi connectivity index (χ4v) is 4.36. The number of carbonyl (C=O) groups is 1. The number of hydrogen-bond acceptors (Lipinski definition) is 3. The summed E-state index contributed by atoms with van der Waals surface area (Å²) in [5.41, 5.74) is -1.76. The van der Waals surface area contributed by atoms with Crippen molar-refractivity contribution in [2.75, 3.05) is 6.61 Å². The van der Waals surface area contributed by atoms with E-state index in [1.54, 1.807) is 30.3 Å². The summed E-state index contributed by atoms with van der Waals surface area (Å²) >= 11 is 0. The van der Waals surface area contributed by atoms with Gasteiger partial charge in [-0.25, -0.2) is 22.7 Å². The van der Waals surface area contributed by atoms with Crippen LogP contribution >= 0.6 is 0 Å². The summed E-state index contributed by atoms with van der Waals surface area (Å²) in [7, 11) is 0. The number of halogens is 2.